The topological polar surface area (TPSA) is 38.3 Å². The van der Waals surface area contributed by atoms with Crippen molar-refractivity contribution in [1.82, 2.24) is 0 Å². The van der Waals surface area contributed by atoms with Gasteiger partial charge >= 0.3 is 0 Å². The van der Waals surface area contributed by atoms with Crippen LogP contribution in [0.4, 0.5) is 5.69 Å². The molecule has 104 valence electrons. The van der Waals surface area contributed by atoms with Gasteiger partial charge in [0, 0.05) is 12.1 Å². The number of anilines is 1. The summed E-state index contributed by atoms with van der Waals surface area (Å²) in [5, 5.41) is 2.89. The van der Waals surface area contributed by atoms with E-state index in [1.807, 2.05) is 49.4 Å². The summed E-state index contributed by atoms with van der Waals surface area (Å²) in [7, 11) is 1.66. The zero-order chi connectivity index (χ0) is 14.4. The van der Waals surface area contributed by atoms with E-state index in [0.717, 1.165) is 29.0 Å². The van der Waals surface area contributed by atoms with Gasteiger partial charge in [-0.3, -0.25) is 4.79 Å². The maximum atomic E-state index is 11.9. The lowest BCUT2D eigenvalue weighted by Crippen LogP contribution is -2.12. The molecule has 3 nitrogen and oxygen atoms in total. The Morgan fingerprint density at radius 2 is 1.90 bits per heavy atom. The highest BCUT2D eigenvalue weighted by Crippen LogP contribution is 2.19. The lowest BCUT2D eigenvalue weighted by Gasteiger charge is -2.08. The Morgan fingerprint density at radius 3 is 2.55 bits per heavy atom. The molecule has 1 amide bonds. The molecule has 0 spiro atoms. The van der Waals surface area contributed by atoms with Gasteiger partial charge in [-0.2, -0.15) is 0 Å². The van der Waals surface area contributed by atoms with Gasteiger partial charge in [0.1, 0.15) is 5.75 Å². The highest BCUT2D eigenvalue weighted by Gasteiger charge is 2.04. The highest BCUT2D eigenvalue weighted by atomic mass is 16.5. The number of methoxy groups -OCH3 is 1. The number of hydrogen-bond donors (Lipinski definition) is 1. The van der Waals surface area contributed by atoms with Crippen molar-refractivity contribution in [2.24, 2.45) is 0 Å². The summed E-state index contributed by atoms with van der Waals surface area (Å²) in [5.74, 6) is 0.909. The SMILES string of the molecule is COc1ccc(CCC(=O)Nc2ccccc2)cc1C. The number of ether oxygens (including phenoxy) is 1. The van der Waals surface area contributed by atoms with Crippen LogP contribution in [0.25, 0.3) is 0 Å². The van der Waals surface area contributed by atoms with E-state index >= 15 is 0 Å². The number of benzene rings is 2. The van der Waals surface area contributed by atoms with Gasteiger partial charge in [0.05, 0.1) is 7.11 Å². The second kappa shape index (κ2) is 6.75. The average Bonchev–Trinajstić information content (AvgIpc) is 2.46. The van der Waals surface area contributed by atoms with Gasteiger partial charge < -0.3 is 10.1 Å². The van der Waals surface area contributed by atoms with Crippen LogP contribution in [0, 0.1) is 6.92 Å². The van der Waals surface area contributed by atoms with E-state index in [2.05, 4.69) is 11.4 Å². The van der Waals surface area contributed by atoms with E-state index in [1.165, 1.54) is 0 Å². The zero-order valence-corrected chi connectivity index (χ0v) is 11.8. The molecule has 0 aliphatic rings. The van der Waals surface area contributed by atoms with Crippen molar-refractivity contribution in [3.63, 3.8) is 0 Å². The summed E-state index contributed by atoms with van der Waals surface area (Å²) in [6, 6.07) is 15.5. The van der Waals surface area contributed by atoms with Crippen LogP contribution in [0.5, 0.6) is 5.75 Å². The van der Waals surface area contributed by atoms with Crippen LogP contribution in [0.15, 0.2) is 48.5 Å². The largest absolute Gasteiger partial charge is 0.496 e. The number of para-hydroxylation sites is 1. The number of aryl methyl sites for hydroxylation is 2. The number of carbonyl (C=O) groups is 1. The third-order valence-corrected chi connectivity index (χ3v) is 3.16. The van der Waals surface area contributed by atoms with Crippen LogP contribution in [0.2, 0.25) is 0 Å². The maximum Gasteiger partial charge on any atom is 0.224 e. The minimum absolute atomic E-state index is 0.0321. The third kappa shape index (κ3) is 3.85. The van der Waals surface area contributed by atoms with Crippen LogP contribution in [0.1, 0.15) is 17.5 Å². The molecule has 0 radical (unpaired) electrons. The standard InChI is InChI=1S/C17H19NO2/c1-13-12-14(8-10-16(13)20-2)9-11-17(19)18-15-6-4-3-5-7-15/h3-8,10,12H,9,11H2,1-2H3,(H,18,19). The summed E-state index contributed by atoms with van der Waals surface area (Å²) in [4.78, 5) is 11.9. The number of rotatable bonds is 5. The van der Waals surface area contributed by atoms with E-state index in [9.17, 15) is 4.79 Å². The molecule has 0 saturated heterocycles. The Hall–Kier alpha value is -2.29. The molecule has 0 aliphatic carbocycles. The number of amides is 1. The molecule has 1 N–H and O–H groups in total. The van der Waals surface area contributed by atoms with Crippen LogP contribution < -0.4 is 10.1 Å². The predicted octanol–water partition coefficient (Wildman–Crippen LogP) is 3.57. The van der Waals surface area contributed by atoms with Gasteiger partial charge in [0.25, 0.3) is 0 Å². The van der Waals surface area contributed by atoms with E-state index in [0.29, 0.717) is 6.42 Å². The normalized spacial score (nSPS) is 10.1. The molecule has 0 aliphatic heterocycles. The lowest BCUT2D eigenvalue weighted by molar-refractivity contribution is -0.116. The quantitative estimate of drug-likeness (QED) is 0.901. The number of nitrogens with one attached hydrogen (secondary N) is 1. The minimum Gasteiger partial charge on any atom is -0.496 e. The van der Waals surface area contributed by atoms with E-state index in [4.69, 9.17) is 4.74 Å². The second-order valence-electron chi connectivity index (χ2n) is 4.72. The van der Waals surface area contributed by atoms with Crippen LogP contribution >= 0.6 is 0 Å². The first-order chi connectivity index (χ1) is 9.69. The van der Waals surface area contributed by atoms with Crippen molar-refractivity contribution >= 4 is 11.6 Å². The summed E-state index contributed by atoms with van der Waals surface area (Å²) in [6.45, 7) is 2.01. The molecular formula is C17H19NO2. The monoisotopic (exact) mass is 269 g/mol. The van der Waals surface area contributed by atoms with Crippen molar-refractivity contribution in [3.8, 4) is 5.75 Å². The Labute approximate surface area is 119 Å². The van der Waals surface area contributed by atoms with Crippen LogP contribution in [-0.4, -0.2) is 13.0 Å². The van der Waals surface area contributed by atoms with Gasteiger partial charge in [-0.1, -0.05) is 30.3 Å². The smallest absolute Gasteiger partial charge is 0.224 e. The van der Waals surface area contributed by atoms with Crippen LogP contribution in [0.3, 0.4) is 0 Å². The molecule has 0 atom stereocenters. The fraction of sp³-hybridized carbons (Fsp3) is 0.235. The highest BCUT2D eigenvalue weighted by molar-refractivity contribution is 5.90. The first-order valence-corrected chi connectivity index (χ1v) is 6.67. The molecule has 0 aromatic heterocycles. The van der Waals surface area contributed by atoms with E-state index in [1.54, 1.807) is 7.11 Å². The molecule has 3 heteroatoms. The Balaban J connectivity index is 1.89. The lowest BCUT2D eigenvalue weighted by atomic mass is 10.1. The van der Waals surface area contributed by atoms with Gasteiger partial charge in [0.15, 0.2) is 0 Å². The Morgan fingerprint density at radius 1 is 1.15 bits per heavy atom. The fourth-order valence-electron chi connectivity index (χ4n) is 2.10. The molecule has 0 fully saturated rings. The van der Waals surface area contributed by atoms with Gasteiger partial charge in [0.2, 0.25) is 5.91 Å². The summed E-state index contributed by atoms with van der Waals surface area (Å²) in [6.07, 6.45) is 1.20. The second-order valence-corrected chi connectivity index (χ2v) is 4.72. The van der Waals surface area contributed by atoms with E-state index in [-0.39, 0.29) is 5.91 Å². The summed E-state index contributed by atoms with van der Waals surface area (Å²) in [5.41, 5.74) is 3.07. The predicted molar refractivity (Wildman–Crippen MR) is 81.1 cm³/mol. The molecule has 2 aromatic carbocycles. The molecule has 2 aromatic rings. The average molecular weight is 269 g/mol. The maximum absolute atomic E-state index is 11.9. The fourth-order valence-corrected chi connectivity index (χ4v) is 2.10. The van der Waals surface area contributed by atoms with Crippen molar-refractivity contribution < 1.29 is 9.53 Å². The van der Waals surface area contributed by atoms with Crippen molar-refractivity contribution in [2.75, 3.05) is 12.4 Å². The molecule has 0 bridgehead atoms. The summed E-state index contributed by atoms with van der Waals surface area (Å²) < 4.78 is 5.23. The third-order valence-electron chi connectivity index (χ3n) is 3.16. The number of carbonyl (C=O) groups excluding carboxylic acids is 1. The van der Waals surface area contributed by atoms with Crippen molar-refractivity contribution in [3.05, 3.63) is 59.7 Å². The minimum atomic E-state index is 0.0321. The van der Waals surface area contributed by atoms with E-state index < -0.39 is 0 Å². The van der Waals surface area contributed by atoms with Gasteiger partial charge in [-0.25, -0.2) is 0 Å². The Kier molecular flexibility index (Phi) is 4.77. The number of hydrogen-bond acceptors (Lipinski definition) is 2. The van der Waals surface area contributed by atoms with Gasteiger partial charge in [-0.05, 0) is 42.7 Å². The molecule has 0 unspecified atom stereocenters. The summed E-state index contributed by atoms with van der Waals surface area (Å²) >= 11 is 0. The first-order valence-electron chi connectivity index (χ1n) is 6.67. The Bertz CT molecular complexity index is 579. The molecule has 20 heavy (non-hydrogen) atoms. The molecular weight excluding hydrogens is 250 g/mol. The van der Waals surface area contributed by atoms with Crippen molar-refractivity contribution in [2.45, 2.75) is 19.8 Å². The zero-order valence-electron chi connectivity index (χ0n) is 11.8. The molecule has 2 rings (SSSR count). The van der Waals surface area contributed by atoms with Crippen molar-refractivity contribution in [1.29, 1.82) is 0 Å². The first kappa shape index (κ1) is 14.1. The van der Waals surface area contributed by atoms with Crippen LogP contribution in [-0.2, 0) is 11.2 Å². The van der Waals surface area contributed by atoms with Gasteiger partial charge in [-0.15, -0.1) is 0 Å². The molecule has 0 heterocycles. The molecule has 0 saturated carbocycles.